The molecule has 21 heavy (non-hydrogen) atoms. The van der Waals surface area contributed by atoms with E-state index in [1.165, 1.54) is 0 Å². The van der Waals surface area contributed by atoms with Crippen molar-refractivity contribution in [3.05, 3.63) is 29.3 Å². The lowest BCUT2D eigenvalue weighted by Crippen LogP contribution is -2.40. The number of hydrogen-bond acceptors (Lipinski definition) is 3. The molecule has 1 saturated heterocycles. The van der Waals surface area contributed by atoms with E-state index in [4.69, 9.17) is 10.5 Å². The largest absolute Gasteiger partial charge is 0.481 e. The lowest BCUT2D eigenvalue weighted by Gasteiger charge is -2.23. The van der Waals surface area contributed by atoms with E-state index in [1.807, 2.05) is 19.9 Å². The van der Waals surface area contributed by atoms with Gasteiger partial charge in [-0.25, -0.2) is 0 Å². The van der Waals surface area contributed by atoms with Crippen LogP contribution in [0.5, 0.6) is 5.75 Å². The SMILES string of the molecule is Cc1ccc(C(C)C)c(OC(C)C(=O)N2CC[C@@H](N)C2)c1. The van der Waals surface area contributed by atoms with Crippen LogP contribution in [0.25, 0.3) is 0 Å². The summed E-state index contributed by atoms with van der Waals surface area (Å²) < 4.78 is 5.97. The van der Waals surface area contributed by atoms with Crippen molar-refractivity contribution in [2.24, 2.45) is 5.73 Å². The highest BCUT2D eigenvalue weighted by Gasteiger charge is 2.28. The highest BCUT2D eigenvalue weighted by molar-refractivity contribution is 5.81. The minimum Gasteiger partial charge on any atom is -0.481 e. The molecular formula is C17H26N2O2. The molecule has 1 aliphatic heterocycles. The number of benzene rings is 1. The third kappa shape index (κ3) is 3.76. The van der Waals surface area contributed by atoms with Crippen LogP contribution >= 0.6 is 0 Å². The van der Waals surface area contributed by atoms with Gasteiger partial charge in [-0.1, -0.05) is 26.0 Å². The Hall–Kier alpha value is -1.55. The van der Waals surface area contributed by atoms with Gasteiger partial charge in [0.1, 0.15) is 5.75 Å². The van der Waals surface area contributed by atoms with E-state index in [0.29, 0.717) is 12.5 Å². The summed E-state index contributed by atoms with van der Waals surface area (Å²) in [6, 6.07) is 6.27. The first-order chi connectivity index (χ1) is 9.88. The Morgan fingerprint density at radius 3 is 2.67 bits per heavy atom. The number of rotatable bonds is 4. The fourth-order valence-electron chi connectivity index (χ4n) is 2.71. The molecule has 1 unspecified atom stereocenters. The second kappa shape index (κ2) is 6.48. The van der Waals surface area contributed by atoms with Crippen LogP contribution in [0.1, 0.15) is 44.2 Å². The lowest BCUT2D eigenvalue weighted by atomic mass is 10.0. The van der Waals surface area contributed by atoms with Crippen molar-refractivity contribution >= 4 is 5.91 Å². The average Bonchev–Trinajstić information content (AvgIpc) is 2.84. The van der Waals surface area contributed by atoms with Crippen LogP contribution in [0.4, 0.5) is 0 Å². The maximum absolute atomic E-state index is 12.4. The maximum atomic E-state index is 12.4. The second-order valence-corrected chi connectivity index (χ2v) is 6.29. The molecule has 0 aliphatic carbocycles. The predicted octanol–water partition coefficient (Wildman–Crippen LogP) is 2.45. The number of ether oxygens (including phenoxy) is 1. The van der Waals surface area contributed by atoms with Crippen molar-refractivity contribution in [1.82, 2.24) is 4.90 Å². The molecule has 2 rings (SSSR count). The molecule has 2 N–H and O–H groups in total. The Balaban J connectivity index is 2.10. The Labute approximate surface area is 127 Å². The molecule has 1 fully saturated rings. The molecule has 0 radical (unpaired) electrons. The molecule has 1 aromatic rings. The van der Waals surface area contributed by atoms with Gasteiger partial charge in [0, 0.05) is 19.1 Å². The molecular weight excluding hydrogens is 264 g/mol. The third-order valence-corrected chi connectivity index (χ3v) is 3.98. The van der Waals surface area contributed by atoms with Crippen LogP contribution < -0.4 is 10.5 Å². The molecule has 0 saturated carbocycles. The van der Waals surface area contributed by atoms with Gasteiger partial charge < -0.3 is 15.4 Å². The fourth-order valence-corrected chi connectivity index (χ4v) is 2.71. The zero-order valence-electron chi connectivity index (χ0n) is 13.4. The Morgan fingerprint density at radius 1 is 1.38 bits per heavy atom. The number of hydrogen-bond donors (Lipinski definition) is 1. The predicted molar refractivity (Wildman–Crippen MR) is 84.5 cm³/mol. The molecule has 4 heteroatoms. The Kier molecular flexibility index (Phi) is 4.88. The van der Waals surface area contributed by atoms with Crippen LogP contribution in [0.3, 0.4) is 0 Å². The molecule has 1 aromatic carbocycles. The number of likely N-dealkylation sites (tertiary alicyclic amines) is 1. The van der Waals surface area contributed by atoms with Crippen LogP contribution in [0.2, 0.25) is 0 Å². The highest BCUT2D eigenvalue weighted by Crippen LogP contribution is 2.28. The molecule has 0 bridgehead atoms. The molecule has 116 valence electrons. The number of nitrogens with zero attached hydrogens (tertiary/aromatic N) is 1. The Bertz CT molecular complexity index is 514. The van der Waals surface area contributed by atoms with Crippen molar-refractivity contribution in [1.29, 1.82) is 0 Å². The first-order valence-electron chi connectivity index (χ1n) is 7.70. The van der Waals surface area contributed by atoms with Gasteiger partial charge in [0.05, 0.1) is 0 Å². The lowest BCUT2D eigenvalue weighted by molar-refractivity contribution is -0.136. The topological polar surface area (TPSA) is 55.6 Å². The summed E-state index contributed by atoms with van der Waals surface area (Å²) in [6.07, 6.45) is 0.398. The number of aryl methyl sites for hydroxylation is 1. The third-order valence-electron chi connectivity index (χ3n) is 3.98. The highest BCUT2D eigenvalue weighted by atomic mass is 16.5. The van der Waals surface area contributed by atoms with Gasteiger partial charge in [0.2, 0.25) is 0 Å². The van der Waals surface area contributed by atoms with Gasteiger partial charge in [-0.15, -0.1) is 0 Å². The molecule has 1 amide bonds. The number of carbonyl (C=O) groups excluding carboxylic acids is 1. The van der Waals surface area contributed by atoms with Crippen molar-refractivity contribution < 1.29 is 9.53 Å². The molecule has 2 atom stereocenters. The molecule has 4 nitrogen and oxygen atoms in total. The van der Waals surface area contributed by atoms with Crippen molar-refractivity contribution in [3.8, 4) is 5.75 Å². The first kappa shape index (κ1) is 15.8. The summed E-state index contributed by atoms with van der Waals surface area (Å²) >= 11 is 0. The molecule has 0 spiro atoms. The normalized spacial score (nSPS) is 19.9. The zero-order chi connectivity index (χ0) is 15.6. The minimum absolute atomic E-state index is 0.0270. The summed E-state index contributed by atoms with van der Waals surface area (Å²) in [5.41, 5.74) is 8.14. The molecule has 1 heterocycles. The molecule has 0 aromatic heterocycles. The van der Waals surface area contributed by atoms with Crippen LogP contribution in [0.15, 0.2) is 18.2 Å². The second-order valence-electron chi connectivity index (χ2n) is 6.29. The van der Waals surface area contributed by atoms with Crippen LogP contribution in [-0.4, -0.2) is 36.0 Å². The number of amides is 1. The van der Waals surface area contributed by atoms with E-state index in [-0.39, 0.29) is 11.9 Å². The number of nitrogens with two attached hydrogens (primary N) is 1. The monoisotopic (exact) mass is 290 g/mol. The van der Waals surface area contributed by atoms with E-state index in [9.17, 15) is 4.79 Å². The zero-order valence-corrected chi connectivity index (χ0v) is 13.4. The van der Waals surface area contributed by atoms with E-state index >= 15 is 0 Å². The van der Waals surface area contributed by atoms with Gasteiger partial charge in [-0.3, -0.25) is 4.79 Å². The van der Waals surface area contributed by atoms with E-state index in [2.05, 4.69) is 26.0 Å². The van der Waals surface area contributed by atoms with Crippen molar-refractivity contribution in [3.63, 3.8) is 0 Å². The quantitative estimate of drug-likeness (QED) is 0.926. The van der Waals surface area contributed by atoms with E-state index < -0.39 is 6.10 Å². The fraction of sp³-hybridized carbons (Fsp3) is 0.588. The van der Waals surface area contributed by atoms with E-state index in [0.717, 1.165) is 29.8 Å². The van der Waals surface area contributed by atoms with Crippen LogP contribution in [-0.2, 0) is 4.79 Å². The van der Waals surface area contributed by atoms with Gasteiger partial charge in [0.25, 0.3) is 5.91 Å². The smallest absolute Gasteiger partial charge is 0.263 e. The van der Waals surface area contributed by atoms with Gasteiger partial charge in [0.15, 0.2) is 6.10 Å². The van der Waals surface area contributed by atoms with Crippen LogP contribution in [0, 0.1) is 6.92 Å². The summed E-state index contributed by atoms with van der Waals surface area (Å²) in [5.74, 6) is 1.21. The standard InChI is InChI=1S/C17H26N2O2/c1-11(2)15-6-5-12(3)9-16(15)21-13(4)17(20)19-8-7-14(18)10-19/h5-6,9,11,13-14H,7-8,10,18H2,1-4H3/t13?,14-/m1/s1. The molecule has 1 aliphatic rings. The summed E-state index contributed by atoms with van der Waals surface area (Å²) in [7, 11) is 0. The van der Waals surface area contributed by atoms with Crippen molar-refractivity contribution in [2.45, 2.75) is 52.2 Å². The average molecular weight is 290 g/mol. The summed E-state index contributed by atoms with van der Waals surface area (Å²) in [5, 5.41) is 0. The number of carbonyl (C=O) groups is 1. The van der Waals surface area contributed by atoms with Crippen molar-refractivity contribution in [2.75, 3.05) is 13.1 Å². The first-order valence-corrected chi connectivity index (χ1v) is 7.70. The van der Waals surface area contributed by atoms with Gasteiger partial charge >= 0.3 is 0 Å². The maximum Gasteiger partial charge on any atom is 0.263 e. The Morgan fingerprint density at radius 2 is 2.10 bits per heavy atom. The minimum atomic E-state index is -0.477. The van der Waals surface area contributed by atoms with Gasteiger partial charge in [-0.05, 0) is 43.4 Å². The summed E-state index contributed by atoms with van der Waals surface area (Å²) in [4.78, 5) is 14.2. The van der Waals surface area contributed by atoms with E-state index in [1.54, 1.807) is 4.90 Å². The summed E-state index contributed by atoms with van der Waals surface area (Å²) in [6.45, 7) is 9.48. The van der Waals surface area contributed by atoms with Gasteiger partial charge in [-0.2, -0.15) is 0 Å².